The number of hydrogen-bond acceptors (Lipinski definition) is 4. The van der Waals surface area contributed by atoms with Gasteiger partial charge in [-0.15, -0.1) is 0 Å². The third-order valence-electron chi connectivity index (χ3n) is 7.73. The molecule has 1 unspecified atom stereocenters. The Labute approximate surface area is 253 Å². The van der Waals surface area contributed by atoms with E-state index in [1.165, 1.54) is 81.2 Å². The third-order valence-corrected chi connectivity index (χ3v) is 7.73. The van der Waals surface area contributed by atoms with Gasteiger partial charge >= 0.3 is 17.8 Å². The van der Waals surface area contributed by atoms with Gasteiger partial charge in [-0.25, -0.2) is 19.2 Å². The SMILES string of the molecule is CCCCCCCCCCc1ccc(-c2cnc(-c3ccc(OC(=O)C(F)(CCCCCC)C(F)(F)F)cc3)nc2)cc1. The highest BCUT2D eigenvalue weighted by Gasteiger charge is 2.62. The van der Waals surface area contributed by atoms with Crippen molar-refractivity contribution in [1.82, 2.24) is 9.97 Å². The Bertz CT molecular complexity index is 1230. The third kappa shape index (κ3) is 10.4. The van der Waals surface area contributed by atoms with Crippen LogP contribution in [-0.4, -0.2) is 27.8 Å². The van der Waals surface area contributed by atoms with Crippen LogP contribution in [0.25, 0.3) is 22.5 Å². The molecule has 0 bridgehead atoms. The smallest absolute Gasteiger partial charge is 0.424 e. The van der Waals surface area contributed by atoms with Gasteiger partial charge in [-0.2, -0.15) is 13.2 Å². The Morgan fingerprint density at radius 3 is 1.72 bits per heavy atom. The van der Waals surface area contributed by atoms with Gasteiger partial charge in [0, 0.05) is 29.9 Å². The lowest BCUT2D eigenvalue weighted by Crippen LogP contribution is -2.50. The van der Waals surface area contributed by atoms with Gasteiger partial charge in [-0.05, 0) is 54.7 Å². The van der Waals surface area contributed by atoms with E-state index in [-0.39, 0.29) is 12.2 Å². The Balaban J connectivity index is 1.53. The highest BCUT2D eigenvalue weighted by Crippen LogP contribution is 2.39. The number of esters is 1. The van der Waals surface area contributed by atoms with Crippen molar-refractivity contribution in [1.29, 1.82) is 0 Å². The van der Waals surface area contributed by atoms with Gasteiger partial charge in [0.2, 0.25) is 0 Å². The Hall–Kier alpha value is -3.29. The molecule has 3 aromatic rings. The van der Waals surface area contributed by atoms with Crippen LogP contribution in [0, 0.1) is 0 Å². The molecule has 3 rings (SSSR count). The molecule has 1 atom stereocenters. The lowest BCUT2D eigenvalue weighted by Gasteiger charge is -2.25. The summed E-state index contributed by atoms with van der Waals surface area (Å²) in [6.07, 6.45) is 10.3. The normalized spacial score (nSPS) is 13.1. The molecule has 43 heavy (non-hydrogen) atoms. The first-order chi connectivity index (χ1) is 20.7. The fraction of sp³-hybridized carbons (Fsp3) is 0.514. The van der Waals surface area contributed by atoms with E-state index in [1.807, 2.05) is 6.92 Å². The second-order valence-corrected chi connectivity index (χ2v) is 11.2. The van der Waals surface area contributed by atoms with Crippen molar-refractivity contribution >= 4 is 5.97 Å². The van der Waals surface area contributed by atoms with Crippen molar-refractivity contribution in [2.45, 2.75) is 116 Å². The molecule has 0 N–H and O–H groups in total. The fourth-order valence-corrected chi connectivity index (χ4v) is 4.97. The van der Waals surface area contributed by atoms with Crippen LogP contribution >= 0.6 is 0 Å². The summed E-state index contributed by atoms with van der Waals surface area (Å²) in [5.41, 5.74) is -0.302. The maximum absolute atomic E-state index is 14.9. The average Bonchev–Trinajstić information content (AvgIpc) is 3.01. The van der Waals surface area contributed by atoms with Gasteiger partial charge in [-0.3, -0.25) is 0 Å². The van der Waals surface area contributed by atoms with Crippen LogP contribution in [0.1, 0.15) is 103 Å². The van der Waals surface area contributed by atoms with Gasteiger partial charge in [-0.1, -0.05) is 102 Å². The van der Waals surface area contributed by atoms with Crippen molar-refractivity contribution in [2.24, 2.45) is 0 Å². The van der Waals surface area contributed by atoms with Gasteiger partial charge in [0.15, 0.2) is 5.82 Å². The number of aryl methyl sites for hydroxylation is 1. The molecule has 4 nitrogen and oxygen atoms in total. The van der Waals surface area contributed by atoms with E-state index in [2.05, 4.69) is 41.2 Å². The first kappa shape index (κ1) is 34.2. The highest BCUT2D eigenvalue weighted by molar-refractivity contribution is 5.82. The van der Waals surface area contributed by atoms with Crippen LogP contribution in [-0.2, 0) is 11.2 Å². The van der Waals surface area contributed by atoms with Crippen molar-refractivity contribution < 1.29 is 27.1 Å². The minimum Gasteiger partial charge on any atom is -0.424 e. The molecule has 8 heteroatoms. The zero-order valence-electron chi connectivity index (χ0n) is 25.4. The van der Waals surface area contributed by atoms with Crippen molar-refractivity contribution in [2.75, 3.05) is 0 Å². The number of halogens is 4. The van der Waals surface area contributed by atoms with E-state index in [1.54, 1.807) is 12.4 Å². The summed E-state index contributed by atoms with van der Waals surface area (Å²) in [6, 6.07) is 14.1. The summed E-state index contributed by atoms with van der Waals surface area (Å²) in [6.45, 7) is 4.13. The molecule has 0 saturated carbocycles. The van der Waals surface area contributed by atoms with E-state index >= 15 is 0 Å². The molecule has 0 spiro atoms. The predicted molar refractivity (Wildman–Crippen MR) is 164 cm³/mol. The second-order valence-electron chi connectivity index (χ2n) is 11.2. The zero-order chi connectivity index (χ0) is 31.1. The monoisotopic (exact) mass is 600 g/mol. The van der Waals surface area contributed by atoms with Crippen molar-refractivity contribution in [3.63, 3.8) is 0 Å². The van der Waals surface area contributed by atoms with Crippen LogP contribution in [0.5, 0.6) is 5.75 Å². The lowest BCUT2D eigenvalue weighted by atomic mass is 9.97. The summed E-state index contributed by atoms with van der Waals surface area (Å²) in [5.74, 6) is -1.73. The Morgan fingerprint density at radius 2 is 1.16 bits per heavy atom. The Morgan fingerprint density at radius 1 is 0.651 bits per heavy atom. The van der Waals surface area contributed by atoms with E-state index in [0.29, 0.717) is 24.2 Å². The van der Waals surface area contributed by atoms with Gasteiger partial charge in [0.1, 0.15) is 5.75 Å². The molecular formula is C35H44F4N2O2. The number of carbonyl (C=O) groups is 1. The predicted octanol–water partition coefficient (Wildman–Crippen LogP) is 10.6. The number of rotatable bonds is 18. The number of unbranched alkanes of at least 4 members (excludes halogenated alkanes) is 10. The number of ether oxygens (including phenoxy) is 1. The topological polar surface area (TPSA) is 52.1 Å². The molecule has 2 aromatic carbocycles. The quantitative estimate of drug-likeness (QED) is 0.0631. The maximum Gasteiger partial charge on any atom is 0.433 e. The van der Waals surface area contributed by atoms with Gasteiger partial charge < -0.3 is 4.74 Å². The lowest BCUT2D eigenvalue weighted by molar-refractivity contribution is -0.236. The first-order valence-corrected chi connectivity index (χ1v) is 15.7. The second kappa shape index (κ2) is 17.1. The first-order valence-electron chi connectivity index (χ1n) is 15.7. The molecule has 0 saturated heterocycles. The number of aromatic nitrogens is 2. The Kier molecular flexibility index (Phi) is 13.6. The van der Waals surface area contributed by atoms with Crippen LogP contribution in [0.4, 0.5) is 17.6 Å². The number of alkyl halides is 4. The fourth-order valence-electron chi connectivity index (χ4n) is 4.97. The molecule has 1 heterocycles. The van der Waals surface area contributed by atoms with E-state index in [4.69, 9.17) is 4.74 Å². The molecule has 0 radical (unpaired) electrons. The van der Waals surface area contributed by atoms with Crippen LogP contribution < -0.4 is 4.74 Å². The molecule has 234 valence electrons. The number of nitrogens with zero attached hydrogens (tertiary/aromatic N) is 2. The molecule has 0 aliphatic heterocycles. The number of carbonyl (C=O) groups excluding carboxylic acids is 1. The van der Waals surface area contributed by atoms with E-state index in [9.17, 15) is 22.4 Å². The summed E-state index contributed by atoms with van der Waals surface area (Å²) in [4.78, 5) is 21.1. The molecule has 0 amide bonds. The highest BCUT2D eigenvalue weighted by atomic mass is 19.4. The van der Waals surface area contributed by atoms with Crippen molar-refractivity contribution in [3.05, 3.63) is 66.5 Å². The van der Waals surface area contributed by atoms with Crippen molar-refractivity contribution in [3.8, 4) is 28.3 Å². The summed E-state index contributed by atoms with van der Waals surface area (Å²) >= 11 is 0. The molecule has 1 aromatic heterocycles. The van der Waals surface area contributed by atoms with Gasteiger partial charge in [0.25, 0.3) is 0 Å². The minimum atomic E-state index is -5.36. The zero-order valence-corrected chi connectivity index (χ0v) is 25.4. The van der Waals surface area contributed by atoms with Crippen LogP contribution in [0.2, 0.25) is 0 Å². The maximum atomic E-state index is 14.9. The van der Waals surface area contributed by atoms with Crippen LogP contribution in [0.3, 0.4) is 0 Å². The summed E-state index contributed by atoms with van der Waals surface area (Å²) in [5, 5.41) is 0. The number of benzene rings is 2. The minimum absolute atomic E-state index is 0.0608. The number of hydrogen-bond donors (Lipinski definition) is 0. The summed E-state index contributed by atoms with van der Waals surface area (Å²) in [7, 11) is 0. The standard InChI is InChI=1S/C35H44F4N2O2/c1-3-5-7-9-10-11-12-13-15-27-16-18-28(19-17-27)30-25-40-32(41-26-30)29-20-22-31(23-21-29)43-33(42)34(36,35(37,38)39)24-14-8-6-4-2/h16-23,25-26H,3-15,24H2,1-2H3. The van der Waals surface area contributed by atoms with Gasteiger partial charge in [0.05, 0.1) is 0 Å². The largest absolute Gasteiger partial charge is 0.433 e. The summed E-state index contributed by atoms with van der Waals surface area (Å²) < 4.78 is 60.0. The molecule has 0 aliphatic rings. The molecule has 0 fully saturated rings. The van der Waals surface area contributed by atoms with E-state index in [0.717, 1.165) is 24.0 Å². The average molecular weight is 601 g/mol. The van der Waals surface area contributed by atoms with Crippen LogP contribution in [0.15, 0.2) is 60.9 Å². The van der Waals surface area contributed by atoms with E-state index < -0.39 is 24.2 Å². The molecular weight excluding hydrogens is 556 g/mol. The molecule has 0 aliphatic carbocycles.